The monoisotopic (exact) mass is 165 g/mol. The zero-order valence-electron chi connectivity index (χ0n) is 6.29. The summed E-state index contributed by atoms with van der Waals surface area (Å²) in [6.07, 6.45) is 4.46. The van der Waals surface area contributed by atoms with Crippen LogP contribution in [0.3, 0.4) is 0 Å². The first-order valence-corrected chi connectivity index (χ1v) is 4.74. The number of rotatable bonds is 1. The summed E-state index contributed by atoms with van der Waals surface area (Å²) in [6, 6.07) is 4.55. The van der Waals surface area contributed by atoms with Crippen molar-refractivity contribution in [2.45, 2.75) is 18.9 Å². The van der Waals surface area contributed by atoms with Gasteiger partial charge in [-0.2, -0.15) is 0 Å². The van der Waals surface area contributed by atoms with E-state index in [0.29, 0.717) is 6.04 Å². The molecule has 2 N–H and O–H groups in total. The van der Waals surface area contributed by atoms with Gasteiger partial charge >= 0.3 is 0 Å². The second-order valence-corrected chi connectivity index (χ2v) is 3.82. The normalized spacial score (nSPS) is 23.7. The van der Waals surface area contributed by atoms with Gasteiger partial charge in [-0.25, -0.2) is 0 Å². The van der Waals surface area contributed by atoms with Crippen LogP contribution in [0.4, 0.5) is 0 Å². The highest BCUT2D eigenvalue weighted by Crippen LogP contribution is 2.29. The minimum absolute atomic E-state index is 0.298. The van der Waals surface area contributed by atoms with Crippen molar-refractivity contribution in [2.75, 3.05) is 0 Å². The van der Waals surface area contributed by atoms with Gasteiger partial charge in [0.25, 0.3) is 0 Å². The van der Waals surface area contributed by atoms with E-state index < -0.39 is 0 Å². The van der Waals surface area contributed by atoms with E-state index in [1.807, 2.05) is 0 Å². The van der Waals surface area contributed by atoms with Gasteiger partial charge in [-0.3, -0.25) is 0 Å². The molecular formula is C9H11NS. The largest absolute Gasteiger partial charge is 0.324 e. The van der Waals surface area contributed by atoms with Crippen LogP contribution in [0.15, 0.2) is 23.6 Å². The number of allylic oxidation sites excluding steroid dienone is 1. The minimum atomic E-state index is 0.298. The first kappa shape index (κ1) is 7.07. The first-order valence-electron chi connectivity index (χ1n) is 3.86. The summed E-state index contributed by atoms with van der Waals surface area (Å²) >= 11 is 1.80. The number of thiophene rings is 1. The fourth-order valence-corrected chi connectivity index (χ4v) is 2.20. The van der Waals surface area contributed by atoms with Crippen molar-refractivity contribution in [2.24, 2.45) is 5.73 Å². The van der Waals surface area contributed by atoms with Crippen molar-refractivity contribution in [3.63, 3.8) is 0 Å². The average molecular weight is 165 g/mol. The Morgan fingerprint density at radius 3 is 3.00 bits per heavy atom. The van der Waals surface area contributed by atoms with Crippen LogP contribution in [0.2, 0.25) is 0 Å². The van der Waals surface area contributed by atoms with Crippen LogP contribution in [-0.4, -0.2) is 6.04 Å². The molecular weight excluding hydrogens is 154 g/mol. The van der Waals surface area contributed by atoms with E-state index in [4.69, 9.17) is 5.73 Å². The molecule has 0 amide bonds. The molecule has 58 valence electrons. The van der Waals surface area contributed by atoms with Gasteiger partial charge in [0.1, 0.15) is 0 Å². The van der Waals surface area contributed by atoms with E-state index in [0.717, 1.165) is 12.8 Å². The molecule has 0 bridgehead atoms. The minimum Gasteiger partial charge on any atom is -0.324 e. The molecule has 0 spiro atoms. The second-order valence-electron chi connectivity index (χ2n) is 2.87. The Balaban J connectivity index is 2.25. The molecule has 11 heavy (non-hydrogen) atoms. The topological polar surface area (TPSA) is 26.0 Å². The molecule has 0 fully saturated rings. The van der Waals surface area contributed by atoms with Crippen LogP contribution >= 0.6 is 11.3 Å². The molecule has 1 nitrogen and oxygen atoms in total. The molecule has 1 unspecified atom stereocenters. The maximum atomic E-state index is 5.76. The van der Waals surface area contributed by atoms with Crippen molar-refractivity contribution in [3.8, 4) is 0 Å². The lowest BCUT2D eigenvalue weighted by atomic mass is 10.2. The molecule has 1 heterocycles. The van der Waals surface area contributed by atoms with E-state index in [1.54, 1.807) is 11.3 Å². The maximum Gasteiger partial charge on any atom is 0.0299 e. The predicted molar refractivity (Wildman–Crippen MR) is 49.5 cm³/mol. The Kier molecular flexibility index (Phi) is 1.80. The summed E-state index contributed by atoms with van der Waals surface area (Å²) in [5.41, 5.74) is 7.20. The molecule has 0 radical (unpaired) electrons. The van der Waals surface area contributed by atoms with Gasteiger partial charge in [0.2, 0.25) is 0 Å². The Morgan fingerprint density at radius 1 is 1.55 bits per heavy atom. The van der Waals surface area contributed by atoms with Gasteiger partial charge in [-0.05, 0) is 29.9 Å². The predicted octanol–water partition coefficient (Wildman–Crippen LogP) is 2.25. The van der Waals surface area contributed by atoms with Crippen molar-refractivity contribution < 1.29 is 0 Å². The standard InChI is InChI=1S/C9H11NS/c10-8-4-3-7(6-8)9-2-1-5-11-9/h1-2,5-6,8H,3-4,10H2. The molecule has 1 atom stereocenters. The molecule has 1 aromatic rings. The summed E-state index contributed by atoms with van der Waals surface area (Å²) in [7, 11) is 0. The van der Waals surface area contributed by atoms with Gasteiger partial charge in [-0.1, -0.05) is 12.1 Å². The van der Waals surface area contributed by atoms with Gasteiger partial charge < -0.3 is 5.73 Å². The smallest absolute Gasteiger partial charge is 0.0299 e. The van der Waals surface area contributed by atoms with Gasteiger partial charge in [0, 0.05) is 10.9 Å². The number of hydrogen-bond acceptors (Lipinski definition) is 2. The lowest BCUT2D eigenvalue weighted by Gasteiger charge is -1.93. The van der Waals surface area contributed by atoms with Crippen molar-refractivity contribution >= 4 is 16.9 Å². The fraction of sp³-hybridized carbons (Fsp3) is 0.333. The molecule has 0 saturated carbocycles. The summed E-state index contributed by atoms with van der Waals surface area (Å²) in [5, 5.41) is 2.11. The maximum absolute atomic E-state index is 5.76. The third-order valence-corrected chi connectivity index (χ3v) is 2.95. The highest BCUT2D eigenvalue weighted by Gasteiger charge is 2.13. The van der Waals surface area contributed by atoms with Crippen molar-refractivity contribution in [1.29, 1.82) is 0 Å². The average Bonchev–Trinajstić information content (AvgIpc) is 2.55. The highest BCUT2D eigenvalue weighted by atomic mass is 32.1. The van der Waals surface area contributed by atoms with E-state index in [9.17, 15) is 0 Å². The van der Waals surface area contributed by atoms with Gasteiger partial charge in [0.05, 0.1) is 0 Å². The van der Waals surface area contributed by atoms with E-state index >= 15 is 0 Å². The van der Waals surface area contributed by atoms with E-state index in [2.05, 4.69) is 23.6 Å². The molecule has 1 aliphatic carbocycles. The third-order valence-electron chi connectivity index (χ3n) is 2.00. The van der Waals surface area contributed by atoms with Crippen LogP contribution < -0.4 is 5.73 Å². The second kappa shape index (κ2) is 2.80. The molecule has 1 aromatic heterocycles. The van der Waals surface area contributed by atoms with Gasteiger partial charge in [-0.15, -0.1) is 11.3 Å². The Bertz CT molecular complexity index is 261. The van der Waals surface area contributed by atoms with Crippen LogP contribution in [0, 0.1) is 0 Å². The van der Waals surface area contributed by atoms with Gasteiger partial charge in [0.15, 0.2) is 0 Å². The van der Waals surface area contributed by atoms with Crippen LogP contribution in [0.1, 0.15) is 17.7 Å². The molecule has 2 heteroatoms. The van der Waals surface area contributed by atoms with Crippen molar-refractivity contribution in [3.05, 3.63) is 28.5 Å². The quantitative estimate of drug-likeness (QED) is 0.678. The summed E-state index contributed by atoms with van der Waals surface area (Å²) in [5.74, 6) is 0. The Labute approximate surface area is 70.5 Å². The SMILES string of the molecule is NC1C=C(c2cccs2)CC1. The molecule has 0 aromatic carbocycles. The zero-order chi connectivity index (χ0) is 7.68. The van der Waals surface area contributed by atoms with E-state index in [-0.39, 0.29) is 0 Å². The van der Waals surface area contributed by atoms with Crippen molar-refractivity contribution in [1.82, 2.24) is 0 Å². The number of hydrogen-bond donors (Lipinski definition) is 1. The first-order chi connectivity index (χ1) is 5.36. The summed E-state index contributed by atoms with van der Waals surface area (Å²) < 4.78 is 0. The molecule has 0 saturated heterocycles. The highest BCUT2D eigenvalue weighted by molar-refractivity contribution is 7.11. The fourth-order valence-electron chi connectivity index (χ4n) is 1.41. The Morgan fingerprint density at radius 2 is 2.45 bits per heavy atom. The van der Waals surface area contributed by atoms with E-state index in [1.165, 1.54) is 10.5 Å². The lowest BCUT2D eigenvalue weighted by molar-refractivity contribution is 0.783. The molecule has 0 aliphatic heterocycles. The zero-order valence-corrected chi connectivity index (χ0v) is 7.10. The Hall–Kier alpha value is -0.600. The van der Waals surface area contributed by atoms with Crippen LogP contribution in [0.25, 0.3) is 5.57 Å². The van der Waals surface area contributed by atoms with Crippen LogP contribution in [-0.2, 0) is 0 Å². The number of nitrogens with two attached hydrogens (primary N) is 1. The molecule has 1 aliphatic rings. The lowest BCUT2D eigenvalue weighted by Crippen LogP contribution is -2.11. The summed E-state index contributed by atoms with van der Waals surface area (Å²) in [6.45, 7) is 0. The third kappa shape index (κ3) is 1.37. The van der Waals surface area contributed by atoms with Crippen LogP contribution in [0.5, 0.6) is 0 Å². The summed E-state index contributed by atoms with van der Waals surface area (Å²) in [4.78, 5) is 1.39. The molecule has 2 rings (SSSR count).